The van der Waals surface area contributed by atoms with Crippen LogP contribution in [0.2, 0.25) is 5.02 Å². The Kier molecular flexibility index (Phi) is 4.95. The van der Waals surface area contributed by atoms with E-state index in [4.69, 9.17) is 21.6 Å². The molecule has 0 aliphatic rings. The molecule has 2 aromatic carbocycles. The summed E-state index contributed by atoms with van der Waals surface area (Å²) in [5.41, 5.74) is -0.914. The first-order chi connectivity index (χ1) is 11.0. The van der Waals surface area contributed by atoms with Crippen molar-refractivity contribution >= 4 is 24.3 Å². The molecule has 0 aliphatic heterocycles. The Labute approximate surface area is 140 Å². The minimum atomic E-state index is -4.53. The Hall–Kier alpha value is -2.00. The number of benzene rings is 2. The van der Waals surface area contributed by atoms with E-state index in [0.29, 0.717) is 0 Å². The highest BCUT2D eigenvalue weighted by atomic mass is 35.5. The zero-order chi connectivity index (χ0) is 18.1. The SMILES string of the molecule is CP(=O)(O)c1cc(Oc2ccc(C(F)(F)F)cc2Cl)ccc1C#N. The van der Waals surface area contributed by atoms with Gasteiger partial charge in [-0.1, -0.05) is 11.6 Å². The number of alkyl halides is 3. The molecule has 0 spiro atoms. The monoisotopic (exact) mass is 375 g/mol. The van der Waals surface area contributed by atoms with Crippen LogP contribution in [0.5, 0.6) is 11.5 Å². The Bertz CT molecular complexity index is 871. The molecule has 2 aromatic rings. The van der Waals surface area contributed by atoms with Crippen molar-refractivity contribution in [3.05, 3.63) is 52.5 Å². The fraction of sp³-hybridized carbons (Fsp3) is 0.133. The number of nitrogens with zero attached hydrogens (tertiary/aromatic N) is 1. The van der Waals surface area contributed by atoms with Gasteiger partial charge in [-0.2, -0.15) is 18.4 Å². The van der Waals surface area contributed by atoms with E-state index in [0.717, 1.165) is 24.9 Å². The van der Waals surface area contributed by atoms with E-state index < -0.39 is 19.1 Å². The van der Waals surface area contributed by atoms with Gasteiger partial charge < -0.3 is 9.63 Å². The molecular formula is C15H10ClF3NO3P. The van der Waals surface area contributed by atoms with Crippen LogP contribution in [0.25, 0.3) is 0 Å². The van der Waals surface area contributed by atoms with Crippen molar-refractivity contribution in [1.29, 1.82) is 5.26 Å². The molecule has 1 atom stereocenters. The molecular weight excluding hydrogens is 366 g/mol. The zero-order valence-electron chi connectivity index (χ0n) is 12.1. The van der Waals surface area contributed by atoms with Gasteiger partial charge in [0.25, 0.3) is 0 Å². The molecule has 0 saturated carbocycles. The lowest BCUT2D eigenvalue weighted by Gasteiger charge is -2.13. The third-order valence-electron chi connectivity index (χ3n) is 3.02. The van der Waals surface area contributed by atoms with Gasteiger partial charge in [0.2, 0.25) is 7.37 Å². The van der Waals surface area contributed by atoms with E-state index in [9.17, 15) is 22.6 Å². The number of ether oxygens (including phenoxy) is 1. The minimum Gasteiger partial charge on any atom is -0.456 e. The van der Waals surface area contributed by atoms with Crippen LogP contribution in [0.3, 0.4) is 0 Å². The van der Waals surface area contributed by atoms with E-state index in [1.165, 1.54) is 18.2 Å². The standard InChI is InChI=1S/C15H10ClF3NO3P/c1-24(21,22)14-7-11(4-2-9(14)8-20)23-13-5-3-10(6-12(13)16)15(17,18)19/h2-7H,1H3,(H,21,22). The zero-order valence-corrected chi connectivity index (χ0v) is 13.8. The topological polar surface area (TPSA) is 70.3 Å². The van der Waals surface area contributed by atoms with Crippen molar-refractivity contribution in [3.63, 3.8) is 0 Å². The van der Waals surface area contributed by atoms with Crippen LogP contribution >= 0.6 is 19.0 Å². The fourth-order valence-electron chi connectivity index (χ4n) is 1.90. The molecule has 0 aliphatic carbocycles. The molecule has 0 radical (unpaired) electrons. The van der Waals surface area contributed by atoms with Crippen LogP contribution in [-0.4, -0.2) is 11.6 Å². The van der Waals surface area contributed by atoms with Gasteiger partial charge in [0, 0.05) is 6.66 Å². The summed E-state index contributed by atoms with van der Waals surface area (Å²) in [4.78, 5) is 9.67. The van der Waals surface area contributed by atoms with Gasteiger partial charge in [0.05, 0.1) is 27.5 Å². The highest BCUT2D eigenvalue weighted by Crippen LogP contribution is 2.39. The normalized spacial score (nSPS) is 13.9. The lowest BCUT2D eigenvalue weighted by atomic mass is 10.2. The molecule has 1 unspecified atom stereocenters. The summed E-state index contributed by atoms with van der Waals surface area (Å²) in [6.07, 6.45) is -4.53. The first-order valence-electron chi connectivity index (χ1n) is 6.42. The van der Waals surface area contributed by atoms with Crippen LogP contribution < -0.4 is 10.0 Å². The highest BCUT2D eigenvalue weighted by Gasteiger charge is 2.31. The molecule has 0 saturated heterocycles. The number of rotatable bonds is 3. The van der Waals surface area contributed by atoms with E-state index >= 15 is 0 Å². The number of hydrogen-bond acceptors (Lipinski definition) is 3. The molecule has 0 heterocycles. The lowest BCUT2D eigenvalue weighted by Crippen LogP contribution is -2.09. The number of hydrogen-bond donors (Lipinski definition) is 1. The van der Waals surface area contributed by atoms with E-state index in [2.05, 4.69) is 0 Å². The second-order valence-corrected chi connectivity index (χ2v) is 7.56. The summed E-state index contributed by atoms with van der Waals surface area (Å²) in [6.45, 7) is 1.07. The van der Waals surface area contributed by atoms with Crippen molar-refractivity contribution in [2.45, 2.75) is 6.18 Å². The van der Waals surface area contributed by atoms with Crippen LogP contribution in [0.15, 0.2) is 36.4 Å². The Morgan fingerprint density at radius 3 is 2.42 bits per heavy atom. The van der Waals surface area contributed by atoms with Crippen LogP contribution in [0, 0.1) is 11.3 Å². The third kappa shape index (κ3) is 4.09. The Morgan fingerprint density at radius 2 is 1.92 bits per heavy atom. The molecule has 24 heavy (non-hydrogen) atoms. The van der Waals surface area contributed by atoms with Gasteiger partial charge in [-0.3, -0.25) is 4.57 Å². The fourth-order valence-corrected chi connectivity index (χ4v) is 3.06. The summed E-state index contributed by atoms with van der Waals surface area (Å²) in [6, 6.07) is 8.19. The van der Waals surface area contributed by atoms with Crippen LogP contribution in [0.4, 0.5) is 13.2 Å². The number of halogens is 4. The van der Waals surface area contributed by atoms with Gasteiger partial charge in [-0.05, 0) is 36.4 Å². The maximum atomic E-state index is 12.6. The second-order valence-electron chi connectivity index (χ2n) is 4.91. The third-order valence-corrected chi connectivity index (χ3v) is 4.58. The summed E-state index contributed by atoms with van der Waals surface area (Å²) >= 11 is 5.79. The summed E-state index contributed by atoms with van der Waals surface area (Å²) in [5.74, 6) is 0.0194. The van der Waals surface area contributed by atoms with Crippen molar-refractivity contribution < 1.29 is 27.4 Å². The summed E-state index contributed by atoms with van der Waals surface area (Å²) in [7, 11) is -3.73. The Morgan fingerprint density at radius 1 is 1.25 bits per heavy atom. The van der Waals surface area contributed by atoms with Crippen molar-refractivity contribution in [2.75, 3.05) is 6.66 Å². The quantitative estimate of drug-likeness (QED) is 0.799. The van der Waals surface area contributed by atoms with Gasteiger partial charge in [0.15, 0.2) is 0 Å². The maximum Gasteiger partial charge on any atom is 0.416 e. The van der Waals surface area contributed by atoms with Gasteiger partial charge in [0.1, 0.15) is 11.5 Å². The lowest BCUT2D eigenvalue weighted by molar-refractivity contribution is -0.137. The summed E-state index contributed by atoms with van der Waals surface area (Å²) < 4.78 is 55.0. The summed E-state index contributed by atoms with van der Waals surface area (Å²) in [5, 5.41) is 8.59. The van der Waals surface area contributed by atoms with Gasteiger partial charge in [-0.25, -0.2) is 0 Å². The molecule has 126 valence electrons. The average molecular weight is 376 g/mol. The molecule has 4 nitrogen and oxygen atoms in total. The Balaban J connectivity index is 2.39. The van der Waals surface area contributed by atoms with Crippen molar-refractivity contribution in [1.82, 2.24) is 0 Å². The molecule has 0 aromatic heterocycles. The average Bonchev–Trinajstić information content (AvgIpc) is 2.47. The largest absolute Gasteiger partial charge is 0.456 e. The van der Waals surface area contributed by atoms with Crippen LogP contribution in [-0.2, 0) is 10.7 Å². The van der Waals surface area contributed by atoms with Crippen LogP contribution in [0.1, 0.15) is 11.1 Å². The second kappa shape index (κ2) is 6.48. The van der Waals surface area contributed by atoms with Crippen molar-refractivity contribution in [3.8, 4) is 17.6 Å². The predicted molar refractivity (Wildman–Crippen MR) is 83.1 cm³/mol. The molecule has 0 fully saturated rings. The molecule has 9 heteroatoms. The smallest absolute Gasteiger partial charge is 0.416 e. The number of nitriles is 1. The minimum absolute atomic E-state index is 0.00852. The first-order valence-corrected chi connectivity index (χ1v) is 8.90. The highest BCUT2D eigenvalue weighted by molar-refractivity contribution is 7.65. The van der Waals surface area contributed by atoms with E-state index in [-0.39, 0.29) is 27.4 Å². The van der Waals surface area contributed by atoms with E-state index in [1.807, 2.05) is 0 Å². The van der Waals surface area contributed by atoms with E-state index in [1.54, 1.807) is 6.07 Å². The van der Waals surface area contributed by atoms with Crippen molar-refractivity contribution in [2.24, 2.45) is 0 Å². The maximum absolute atomic E-state index is 12.6. The molecule has 0 amide bonds. The molecule has 2 rings (SSSR count). The molecule has 0 bridgehead atoms. The van der Waals surface area contributed by atoms with Gasteiger partial charge in [-0.15, -0.1) is 0 Å². The molecule has 1 N–H and O–H groups in total. The predicted octanol–water partition coefficient (Wildman–Crippen LogP) is 4.55. The first kappa shape index (κ1) is 18.3. The van der Waals surface area contributed by atoms with Gasteiger partial charge >= 0.3 is 6.18 Å².